The summed E-state index contributed by atoms with van der Waals surface area (Å²) in [6.07, 6.45) is 0.637. The minimum Gasteiger partial charge on any atom is -0.324 e. The summed E-state index contributed by atoms with van der Waals surface area (Å²) in [6.45, 7) is 0. The van der Waals surface area contributed by atoms with Gasteiger partial charge in [-0.2, -0.15) is 5.10 Å². The Morgan fingerprint density at radius 3 is 2.90 bits per heavy atom. The molecule has 2 heterocycles. The molecule has 0 bridgehead atoms. The van der Waals surface area contributed by atoms with E-state index >= 15 is 0 Å². The molecule has 7 nitrogen and oxygen atoms in total. The summed E-state index contributed by atoms with van der Waals surface area (Å²) < 4.78 is 0. The highest BCUT2D eigenvalue weighted by Crippen LogP contribution is 2.14. The van der Waals surface area contributed by atoms with Gasteiger partial charge in [0.25, 0.3) is 5.91 Å². The van der Waals surface area contributed by atoms with Crippen molar-refractivity contribution in [2.24, 2.45) is 5.10 Å². The van der Waals surface area contributed by atoms with Gasteiger partial charge >= 0.3 is 0 Å². The van der Waals surface area contributed by atoms with Gasteiger partial charge in [-0.15, -0.1) is 0 Å². The number of rotatable bonds is 2. The van der Waals surface area contributed by atoms with Crippen molar-refractivity contribution < 1.29 is 9.59 Å². The van der Waals surface area contributed by atoms with E-state index in [4.69, 9.17) is 0 Å². The summed E-state index contributed by atoms with van der Waals surface area (Å²) in [7, 11) is 1.54. The zero-order valence-corrected chi connectivity index (χ0v) is 10.9. The lowest BCUT2D eigenvalue weighted by atomic mass is 10.1. The number of fused-ring (bicyclic) bond motifs is 1. The molecule has 7 heteroatoms. The number of anilines is 1. The van der Waals surface area contributed by atoms with Crippen LogP contribution in [0.4, 0.5) is 5.95 Å². The Kier molecular flexibility index (Phi) is 2.94. The van der Waals surface area contributed by atoms with E-state index < -0.39 is 0 Å². The van der Waals surface area contributed by atoms with Gasteiger partial charge in [-0.05, 0) is 12.1 Å². The third kappa shape index (κ3) is 2.25. The fraction of sp³-hybridized carbons (Fsp3) is 0.231. The topological polar surface area (TPSA) is 90.4 Å². The predicted molar refractivity (Wildman–Crippen MR) is 74.2 cm³/mol. The van der Waals surface area contributed by atoms with Crippen LogP contribution >= 0.6 is 0 Å². The summed E-state index contributed by atoms with van der Waals surface area (Å²) in [5.74, 6) is -0.0628. The van der Waals surface area contributed by atoms with E-state index in [1.807, 2.05) is 24.3 Å². The van der Waals surface area contributed by atoms with Crippen LogP contribution in [-0.4, -0.2) is 39.6 Å². The predicted octanol–water partition coefficient (Wildman–Crippen LogP) is 1.11. The summed E-state index contributed by atoms with van der Waals surface area (Å²) in [4.78, 5) is 30.6. The van der Waals surface area contributed by atoms with Crippen LogP contribution in [0.2, 0.25) is 0 Å². The maximum absolute atomic E-state index is 12.1. The van der Waals surface area contributed by atoms with Gasteiger partial charge < -0.3 is 4.98 Å². The number of H-pyrrole nitrogens is 1. The van der Waals surface area contributed by atoms with E-state index in [-0.39, 0.29) is 11.8 Å². The minimum atomic E-state index is -0.344. The third-order valence-electron chi connectivity index (χ3n) is 3.09. The van der Waals surface area contributed by atoms with Crippen LogP contribution in [-0.2, 0) is 9.59 Å². The van der Waals surface area contributed by atoms with Crippen molar-refractivity contribution in [3.63, 3.8) is 0 Å². The van der Waals surface area contributed by atoms with Crippen molar-refractivity contribution in [3.8, 4) is 0 Å². The molecule has 102 valence electrons. The number of hydrogen-bond donors (Lipinski definition) is 2. The molecule has 0 saturated heterocycles. The minimum absolute atomic E-state index is 0.0923. The maximum atomic E-state index is 12.1. The summed E-state index contributed by atoms with van der Waals surface area (Å²) >= 11 is 0. The second kappa shape index (κ2) is 4.76. The normalized spacial score (nSPS) is 15.3. The monoisotopic (exact) mass is 271 g/mol. The van der Waals surface area contributed by atoms with E-state index in [0.29, 0.717) is 24.5 Å². The van der Waals surface area contributed by atoms with Crippen molar-refractivity contribution in [1.29, 1.82) is 0 Å². The SMILES string of the molecule is CN1N=C(C(=O)Nc2nc3ccccc3[nH]2)CCC1=O. The molecular weight excluding hydrogens is 258 g/mol. The molecule has 1 aromatic heterocycles. The number of carbonyl (C=O) groups excluding carboxylic acids is 2. The highest BCUT2D eigenvalue weighted by molar-refractivity contribution is 6.43. The second-order valence-corrected chi connectivity index (χ2v) is 4.52. The van der Waals surface area contributed by atoms with Crippen LogP contribution in [0.15, 0.2) is 29.4 Å². The van der Waals surface area contributed by atoms with Crippen LogP contribution in [0.3, 0.4) is 0 Å². The molecule has 2 aromatic rings. The molecule has 0 saturated carbocycles. The number of nitrogens with zero attached hydrogens (tertiary/aromatic N) is 3. The van der Waals surface area contributed by atoms with E-state index in [9.17, 15) is 9.59 Å². The first kappa shape index (κ1) is 12.3. The van der Waals surface area contributed by atoms with E-state index in [1.54, 1.807) is 0 Å². The van der Waals surface area contributed by atoms with E-state index in [1.165, 1.54) is 12.1 Å². The molecule has 0 atom stereocenters. The molecule has 2 amide bonds. The van der Waals surface area contributed by atoms with Gasteiger partial charge in [0, 0.05) is 19.9 Å². The quantitative estimate of drug-likeness (QED) is 0.857. The Morgan fingerprint density at radius 2 is 2.15 bits per heavy atom. The van der Waals surface area contributed by atoms with Crippen molar-refractivity contribution in [2.45, 2.75) is 12.8 Å². The van der Waals surface area contributed by atoms with Gasteiger partial charge in [-0.3, -0.25) is 14.9 Å². The number of benzene rings is 1. The van der Waals surface area contributed by atoms with Crippen LogP contribution < -0.4 is 5.32 Å². The summed E-state index contributed by atoms with van der Waals surface area (Å²) in [6, 6.07) is 7.49. The number of amides is 2. The molecule has 20 heavy (non-hydrogen) atoms. The number of nitrogens with one attached hydrogen (secondary N) is 2. The molecule has 0 spiro atoms. The molecule has 1 aliphatic heterocycles. The Labute approximate surface area is 114 Å². The van der Waals surface area contributed by atoms with Crippen LogP contribution in [0.25, 0.3) is 11.0 Å². The lowest BCUT2D eigenvalue weighted by Crippen LogP contribution is -2.34. The molecule has 1 aliphatic rings. The molecule has 1 aromatic carbocycles. The smallest absolute Gasteiger partial charge is 0.274 e. The number of aromatic nitrogens is 2. The van der Waals surface area contributed by atoms with Crippen LogP contribution in [0.1, 0.15) is 12.8 Å². The van der Waals surface area contributed by atoms with Gasteiger partial charge in [-0.1, -0.05) is 12.1 Å². The van der Waals surface area contributed by atoms with Crippen LogP contribution in [0, 0.1) is 0 Å². The average Bonchev–Trinajstić information content (AvgIpc) is 2.83. The lowest BCUT2D eigenvalue weighted by molar-refractivity contribution is -0.130. The standard InChI is InChI=1S/C13H13N5O2/c1-18-11(19)7-6-10(17-18)12(20)16-13-14-8-4-2-3-5-9(8)15-13/h2-5H,6-7H2,1H3,(H2,14,15,16,20). The van der Waals surface area contributed by atoms with E-state index in [0.717, 1.165) is 11.0 Å². The Morgan fingerprint density at radius 1 is 1.35 bits per heavy atom. The highest BCUT2D eigenvalue weighted by atomic mass is 16.2. The zero-order chi connectivity index (χ0) is 14.1. The number of aromatic amines is 1. The zero-order valence-electron chi connectivity index (χ0n) is 10.9. The third-order valence-corrected chi connectivity index (χ3v) is 3.09. The summed E-state index contributed by atoms with van der Waals surface area (Å²) in [5, 5.41) is 7.81. The van der Waals surface area contributed by atoms with Gasteiger partial charge in [-0.25, -0.2) is 9.99 Å². The number of hydrazone groups is 1. The number of imidazole rings is 1. The molecular formula is C13H13N5O2. The average molecular weight is 271 g/mol. The summed E-state index contributed by atoms with van der Waals surface area (Å²) in [5.41, 5.74) is 1.95. The number of carbonyl (C=O) groups is 2. The molecule has 3 rings (SSSR count). The molecule has 0 fully saturated rings. The maximum Gasteiger partial charge on any atom is 0.274 e. The number of para-hydroxylation sites is 2. The van der Waals surface area contributed by atoms with Crippen molar-refractivity contribution >= 4 is 34.5 Å². The van der Waals surface area contributed by atoms with Gasteiger partial charge in [0.15, 0.2) is 0 Å². The fourth-order valence-corrected chi connectivity index (χ4v) is 2.02. The Bertz CT molecular complexity index is 685. The van der Waals surface area contributed by atoms with Gasteiger partial charge in [0.1, 0.15) is 5.71 Å². The first-order chi connectivity index (χ1) is 9.63. The fourth-order valence-electron chi connectivity index (χ4n) is 2.02. The number of hydrogen-bond acceptors (Lipinski definition) is 4. The van der Waals surface area contributed by atoms with Crippen molar-refractivity contribution in [1.82, 2.24) is 15.0 Å². The van der Waals surface area contributed by atoms with Gasteiger partial charge in [0.2, 0.25) is 11.9 Å². The molecule has 2 N–H and O–H groups in total. The molecule has 0 aliphatic carbocycles. The van der Waals surface area contributed by atoms with Crippen molar-refractivity contribution in [2.75, 3.05) is 12.4 Å². The first-order valence-electron chi connectivity index (χ1n) is 6.23. The second-order valence-electron chi connectivity index (χ2n) is 4.52. The molecule has 0 radical (unpaired) electrons. The lowest BCUT2D eigenvalue weighted by Gasteiger charge is -2.18. The Hall–Kier alpha value is -2.70. The largest absolute Gasteiger partial charge is 0.324 e. The Balaban J connectivity index is 1.79. The highest BCUT2D eigenvalue weighted by Gasteiger charge is 2.22. The van der Waals surface area contributed by atoms with Crippen LogP contribution in [0.5, 0.6) is 0 Å². The first-order valence-corrected chi connectivity index (χ1v) is 6.23. The van der Waals surface area contributed by atoms with Gasteiger partial charge in [0.05, 0.1) is 11.0 Å². The van der Waals surface area contributed by atoms with E-state index in [2.05, 4.69) is 20.4 Å². The molecule has 0 unspecified atom stereocenters. The van der Waals surface area contributed by atoms with Crippen molar-refractivity contribution in [3.05, 3.63) is 24.3 Å².